The molecule has 0 aliphatic carbocycles. The van der Waals surface area contributed by atoms with Crippen molar-refractivity contribution in [3.05, 3.63) is 48.3 Å². The van der Waals surface area contributed by atoms with Crippen LogP contribution in [0.25, 0.3) is 0 Å². The highest BCUT2D eigenvalue weighted by atomic mass is 16.5. The van der Waals surface area contributed by atoms with Crippen LogP contribution in [0.5, 0.6) is 6.01 Å². The van der Waals surface area contributed by atoms with Crippen molar-refractivity contribution in [2.24, 2.45) is 0 Å². The number of imidazole rings is 1. The second-order valence-corrected chi connectivity index (χ2v) is 3.35. The first-order valence-corrected chi connectivity index (χ1v) is 5.07. The Labute approximate surface area is 94.4 Å². The predicted octanol–water partition coefficient (Wildman–Crippen LogP) is 2.07. The van der Waals surface area contributed by atoms with E-state index in [9.17, 15) is 0 Å². The van der Waals surface area contributed by atoms with E-state index in [0.29, 0.717) is 19.3 Å². The third-order valence-corrected chi connectivity index (χ3v) is 2.20. The first kappa shape index (κ1) is 10.7. The van der Waals surface area contributed by atoms with Gasteiger partial charge in [-0.05, 0) is 5.56 Å². The molecule has 0 atom stereocenters. The Balaban J connectivity index is 1.85. The molecular weight excluding hydrogens is 204 g/mol. The van der Waals surface area contributed by atoms with E-state index < -0.39 is 0 Å². The Bertz CT molecular complexity index is 426. The van der Waals surface area contributed by atoms with Crippen LogP contribution < -0.4 is 4.74 Å². The van der Waals surface area contributed by atoms with E-state index in [2.05, 4.69) is 4.98 Å². The third-order valence-electron chi connectivity index (χ3n) is 2.20. The topological polar surface area (TPSA) is 36.3 Å². The van der Waals surface area contributed by atoms with E-state index in [4.69, 9.17) is 9.47 Å². The van der Waals surface area contributed by atoms with Gasteiger partial charge in [-0.1, -0.05) is 30.3 Å². The Morgan fingerprint density at radius 3 is 2.81 bits per heavy atom. The average Bonchev–Trinajstić information content (AvgIpc) is 2.78. The number of aromatic nitrogens is 2. The summed E-state index contributed by atoms with van der Waals surface area (Å²) in [5.41, 5.74) is 1.15. The SMILES string of the molecule is COc1nccn1COCc1ccccc1. The summed E-state index contributed by atoms with van der Waals surface area (Å²) in [5.74, 6) is 0. The molecular formula is C12H14N2O2. The van der Waals surface area contributed by atoms with Gasteiger partial charge in [-0.15, -0.1) is 0 Å². The van der Waals surface area contributed by atoms with Crippen LogP contribution in [-0.2, 0) is 18.1 Å². The minimum atomic E-state index is 0.443. The van der Waals surface area contributed by atoms with Crippen molar-refractivity contribution in [3.63, 3.8) is 0 Å². The van der Waals surface area contributed by atoms with Crippen LogP contribution >= 0.6 is 0 Å². The molecule has 16 heavy (non-hydrogen) atoms. The summed E-state index contributed by atoms with van der Waals surface area (Å²) in [4.78, 5) is 4.02. The molecule has 0 bridgehead atoms. The largest absolute Gasteiger partial charge is 0.468 e. The summed E-state index contributed by atoms with van der Waals surface area (Å²) in [6, 6.07) is 10.6. The van der Waals surface area contributed by atoms with Crippen LogP contribution in [0.15, 0.2) is 42.7 Å². The highest BCUT2D eigenvalue weighted by Crippen LogP contribution is 2.07. The number of hydrogen-bond donors (Lipinski definition) is 0. The van der Waals surface area contributed by atoms with Crippen LogP contribution in [0.3, 0.4) is 0 Å². The van der Waals surface area contributed by atoms with Crippen molar-refractivity contribution in [2.45, 2.75) is 13.3 Å². The molecule has 4 heteroatoms. The summed E-state index contributed by atoms with van der Waals surface area (Å²) in [6.07, 6.45) is 3.51. The van der Waals surface area contributed by atoms with Crippen LogP contribution in [0, 0.1) is 0 Å². The second kappa shape index (κ2) is 5.32. The molecule has 0 amide bonds. The summed E-state index contributed by atoms with van der Waals surface area (Å²) in [6.45, 7) is 1.03. The number of hydrogen-bond acceptors (Lipinski definition) is 3. The van der Waals surface area contributed by atoms with Gasteiger partial charge >= 0.3 is 0 Å². The number of benzene rings is 1. The smallest absolute Gasteiger partial charge is 0.297 e. The molecule has 1 heterocycles. The standard InChI is InChI=1S/C12H14N2O2/c1-15-12-13-7-8-14(12)10-16-9-11-5-3-2-4-6-11/h2-8H,9-10H2,1H3. The van der Waals surface area contributed by atoms with E-state index in [1.54, 1.807) is 13.3 Å². The lowest BCUT2D eigenvalue weighted by Gasteiger charge is -2.07. The lowest BCUT2D eigenvalue weighted by molar-refractivity contribution is 0.0586. The van der Waals surface area contributed by atoms with E-state index in [1.165, 1.54) is 0 Å². The first-order chi connectivity index (χ1) is 7.90. The number of rotatable bonds is 5. The van der Waals surface area contributed by atoms with Crippen LogP contribution in [0.2, 0.25) is 0 Å². The summed E-state index contributed by atoms with van der Waals surface area (Å²) in [7, 11) is 1.59. The molecule has 0 radical (unpaired) electrons. The van der Waals surface area contributed by atoms with E-state index in [-0.39, 0.29) is 0 Å². The van der Waals surface area contributed by atoms with Crippen molar-refractivity contribution in [2.75, 3.05) is 7.11 Å². The maximum atomic E-state index is 5.55. The van der Waals surface area contributed by atoms with Gasteiger partial charge in [0.1, 0.15) is 6.73 Å². The predicted molar refractivity (Wildman–Crippen MR) is 60.0 cm³/mol. The summed E-state index contributed by atoms with van der Waals surface area (Å²) >= 11 is 0. The summed E-state index contributed by atoms with van der Waals surface area (Å²) < 4.78 is 12.4. The van der Waals surface area contributed by atoms with Gasteiger partial charge in [-0.2, -0.15) is 0 Å². The van der Waals surface area contributed by atoms with Gasteiger partial charge in [0, 0.05) is 12.4 Å². The van der Waals surface area contributed by atoms with Gasteiger partial charge in [0.05, 0.1) is 13.7 Å². The molecule has 0 spiro atoms. The van der Waals surface area contributed by atoms with Gasteiger partial charge in [0.15, 0.2) is 0 Å². The van der Waals surface area contributed by atoms with Gasteiger partial charge < -0.3 is 9.47 Å². The molecule has 0 N–H and O–H groups in total. The van der Waals surface area contributed by atoms with Crippen LogP contribution in [0.1, 0.15) is 5.56 Å². The van der Waals surface area contributed by atoms with Gasteiger partial charge in [-0.25, -0.2) is 4.98 Å². The summed E-state index contributed by atoms with van der Waals surface area (Å²) in [5, 5.41) is 0. The van der Waals surface area contributed by atoms with Crippen molar-refractivity contribution in [1.29, 1.82) is 0 Å². The Kier molecular flexibility index (Phi) is 3.56. The Morgan fingerprint density at radius 1 is 1.25 bits per heavy atom. The fourth-order valence-electron chi connectivity index (χ4n) is 1.42. The van der Waals surface area contributed by atoms with E-state index >= 15 is 0 Å². The average molecular weight is 218 g/mol. The highest BCUT2D eigenvalue weighted by molar-refractivity contribution is 5.13. The molecule has 0 saturated carbocycles. The van der Waals surface area contributed by atoms with E-state index in [1.807, 2.05) is 41.1 Å². The Morgan fingerprint density at radius 2 is 2.06 bits per heavy atom. The minimum Gasteiger partial charge on any atom is -0.468 e. The molecule has 0 unspecified atom stereocenters. The zero-order valence-electron chi connectivity index (χ0n) is 9.17. The number of methoxy groups -OCH3 is 1. The van der Waals surface area contributed by atoms with Crippen LogP contribution in [0.4, 0.5) is 0 Å². The van der Waals surface area contributed by atoms with Gasteiger partial charge in [0.25, 0.3) is 6.01 Å². The first-order valence-electron chi connectivity index (χ1n) is 5.07. The van der Waals surface area contributed by atoms with Gasteiger partial charge in [-0.3, -0.25) is 4.57 Å². The number of ether oxygens (including phenoxy) is 2. The van der Waals surface area contributed by atoms with Crippen molar-refractivity contribution >= 4 is 0 Å². The molecule has 0 fully saturated rings. The fourth-order valence-corrected chi connectivity index (χ4v) is 1.42. The molecule has 84 valence electrons. The molecule has 0 aliphatic rings. The molecule has 0 aliphatic heterocycles. The zero-order chi connectivity index (χ0) is 11.2. The molecule has 1 aromatic heterocycles. The monoisotopic (exact) mass is 218 g/mol. The molecule has 2 aromatic rings. The third kappa shape index (κ3) is 2.61. The molecule has 2 rings (SSSR count). The van der Waals surface area contributed by atoms with Crippen LogP contribution in [-0.4, -0.2) is 16.7 Å². The lowest BCUT2D eigenvalue weighted by Crippen LogP contribution is -2.03. The zero-order valence-corrected chi connectivity index (χ0v) is 9.17. The second-order valence-electron chi connectivity index (χ2n) is 3.35. The van der Waals surface area contributed by atoms with Crippen molar-refractivity contribution < 1.29 is 9.47 Å². The molecule has 1 aromatic carbocycles. The normalized spacial score (nSPS) is 10.3. The van der Waals surface area contributed by atoms with E-state index in [0.717, 1.165) is 5.56 Å². The maximum absolute atomic E-state index is 5.55. The van der Waals surface area contributed by atoms with Crippen molar-refractivity contribution in [1.82, 2.24) is 9.55 Å². The Hall–Kier alpha value is -1.81. The van der Waals surface area contributed by atoms with Gasteiger partial charge in [0.2, 0.25) is 0 Å². The van der Waals surface area contributed by atoms with Crippen molar-refractivity contribution in [3.8, 4) is 6.01 Å². The fraction of sp³-hybridized carbons (Fsp3) is 0.250. The maximum Gasteiger partial charge on any atom is 0.297 e. The molecule has 4 nitrogen and oxygen atoms in total. The number of nitrogens with zero attached hydrogens (tertiary/aromatic N) is 2. The highest BCUT2D eigenvalue weighted by Gasteiger charge is 2.01. The quantitative estimate of drug-likeness (QED) is 0.770. The lowest BCUT2D eigenvalue weighted by atomic mass is 10.2. The minimum absolute atomic E-state index is 0.443. The molecule has 0 saturated heterocycles.